The standard InChI is InChI=1S/C27H31ClFN3O3/c1-16(2)31(3)27(35)25(33)22-15-30-24-14-23(28)21(13-20(22)24)26(34)32-10-8-18(9-11-32)12-17-4-6-19(29)7-5-17/h4-7,13-14,16,18,22,30H,8-12,15H2,1-3H3. The van der Waals surface area contributed by atoms with Crippen LogP contribution in [0.25, 0.3) is 0 Å². The Morgan fingerprint density at radius 3 is 2.43 bits per heavy atom. The van der Waals surface area contributed by atoms with Crippen LogP contribution >= 0.6 is 11.6 Å². The molecule has 1 unspecified atom stereocenters. The first-order valence-corrected chi connectivity index (χ1v) is 12.5. The zero-order chi connectivity index (χ0) is 25.3. The van der Waals surface area contributed by atoms with E-state index in [0.29, 0.717) is 47.4 Å². The highest BCUT2D eigenvalue weighted by molar-refractivity contribution is 6.39. The van der Waals surface area contributed by atoms with Crippen molar-refractivity contribution < 1.29 is 18.8 Å². The molecule has 2 aliphatic heterocycles. The van der Waals surface area contributed by atoms with Gasteiger partial charge in [-0.15, -0.1) is 0 Å². The normalized spacial score (nSPS) is 17.8. The molecule has 1 atom stereocenters. The van der Waals surface area contributed by atoms with Gasteiger partial charge in [-0.2, -0.15) is 0 Å². The molecule has 1 saturated heterocycles. The van der Waals surface area contributed by atoms with Crippen molar-refractivity contribution in [2.45, 2.75) is 45.1 Å². The number of hydrogen-bond donors (Lipinski definition) is 1. The van der Waals surface area contributed by atoms with E-state index in [1.807, 2.05) is 26.0 Å². The molecule has 2 amide bonds. The summed E-state index contributed by atoms with van der Waals surface area (Å²) in [5.41, 5.74) is 2.77. The van der Waals surface area contributed by atoms with Crippen molar-refractivity contribution in [3.05, 3.63) is 63.9 Å². The molecule has 8 heteroatoms. The predicted molar refractivity (Wildman–Crippen MR) is 134 cm³/mol. The van der Waals surface area contributed by atoms with Crippen molar-refractivity contribution in [3.63, 3.8) is 0 Å². The van der Waals surface area contributed by atoms with Gasteiger partial charge in [-0.25, -0.2) is 4.39 Å². The number of nitrogens with one attached hydrogen (secondary N) is 1. The highest BCUT2D eigenvalue weighted by Crippen LogP contribution is 2.37. The first-order valence-electron chi connectivity index (χ1n) is 12.1. The Hall–Kier alpha value is -2.93. The lowest BCUT2D eigenvalue weighted by Crippen LogP contribution is -2.40. The Morgan fingerprint density at radius 2 is 1.80 bits per heavy atom. The number of carbonyl (C=O) groups excluding carboxylic acids is 3. The molecule has 2 heterocycles. The summed E-state index contributed by atoms with van der Waals surface area (Å²) >= 11 is 6.47. The number of ketones is 1. The number of Topliss-reactive ketones (excluding diaryl/α,β-unsaturated/α-hetero) is 1. The fourth-order valence-corrected chi connectivity index (χ4v) is 5.02. The van der Waals surface area contributed by atoms with Crippen LogP contribution in [-0.4, -0.2) is 60.1 Å². The average molecular weight is 500 g/mol. The Morgan fingerprint density at radius 1 is 1.14 bits per heavy atom. The lowest BCUT2D eigenvalue weighted by atomic mass is 9.89. The monoisotopic (exact) mass is 499 g/mol. The quantitative estimate of drug-likeness (QED) is 0.593. The molecule has 1 N–H and O–H groups in total. The van der Waals surface area contributed by atoms with Crippen LogP contribution in [0.5, 0.6) is 0 Å². The van der Waals surface area contributed by atoms with Gasteiger partial charge in [0.05, 0.1) is 16.5 Å². The maximum Gasteiger partial charge on any atom is 0.290 e. The molecule has 0 saturated carbocycles. The van der Waals surface area contributed by atoms with Crippen LogP contribution in [0.1, 0.15) is 54.1 Å². The van der Waals surface area contributed by atoms with E-state index in [0.717, 1.165) is 24.8 Å². The molecule has 186 valence electrons. The molecule has 0 aliphatic carbocycles. The third kappa shape index (κ3) is 5.35. The van der Waals surface area contributed by atoms with E-state index in [1.165, 1.54) is 17.0 Å². The lowest BCUT2D eigenvalue weighted by molar-refractivity contribution is -0.145. The second-order valence-electron chi connectivity index (χ2n) is 9.79. The molecule has 2 aromatic rings. The van der Waals surface area contributed by atoms with Crippen LogP contribution in [0.4, 0.5) is 10.1 Å². The molecule has 35 heavy (non-hydrogen) atoms. The Bertz CT molecular complexity index is 1130. The van der Waals surface area contributed by atoms with Crippen molar-refractivity contribution in [1.82, 2.24) is 9.80 Å². The summed E-state index contributed by atoms with van der Waals surface area (Å²) in [6.07, 6.45) is 2.56. The zero-order valence-corrected chi connectivity index (χ0v) is 21.1. The van der Waals surface area contributed by atoms with E-state index in [-0.39, 0.29) is 17.8 Å². The van der Waals surface area contributed by atoms with Crippen LogP contribution in [0.15, 0.2) is 36.4 Å². The first-order chi connectivity index (χ1) is 16.7. The molecule has 4 rings (SSSR count). The van der Waals surface area contributed by atoms with Gasteiger partial charge in [0, 0.05) is 38.4 Å². The van der Waals surface area contributed by atoms with E-state index in [9.17, 15) is 18.8 Å². The van der Waals surface area contributed by atoms with Gasteiger partial charge in [0.15, 0.2) is 0 Å². The smallest absolute Gasteiger partial charge is 0.290 e. The maximum atomic E-state index is 13.4. The van der Waals surface area contributed by atoms with Gasteiger partial charge in [-0.1, -0.05) is 23.7 Å². The number of rotatable bonds is 6. The Balaban J connectivity index is 1.45. The fraction of sp³-hybridized carbons (Fsp3) is 0.444. The van der Waals surface area contributed by atoms with Gasteiger partial charge >= 0.3 is 0 Å². The fourth-order valence-electron chi connectivity index (χ4n) is 4.77. The number of halogens is 2. The second kappa shape index (κ2) is 10.4. The number of likely N-dealkylation sites (N-methyl/N-ethyl adjacent to an activating group) is 1. The highest BCUT2D eigenvalue weighted by Gasteiger charge is 2.36. The van der Waals surface area contributed by atoms with Crippen LogP contribution in [-0.2, 0) is 16.0 Å². The van der Waals surface area contributed by atoms with E-state index in [1.54, 1.807) is 24.1 Å². The van der Waals surface area contributed by atoms with Crippen LogP contribution in [0, 0.1) is 11.7 Å². The molecule has 1 fully saturated rings. The SMILES string of the molecule is CC(C)N(C)C(=O)C(=O)C1CNc2cc(Cl)c(C(=O)N3CCC(Cc4ccc(F)cc4)CC3)cc21. The van der Waals surface area contributed by atoms with E-state index in [4.69, 9.17) is 11.6 Å². The number of benzene rings is 2. The summed E-state index contributed by atoms with van der Waals surface area (Å²) < 4.78 is 13.2. The van der Waals surface area contributed by atoms with Crippen LogP contribution in [0.2, 0.25) is 5.02 Å². The van der Waals surface area contributed by atoms with Crippen LogP contribution < -0.4 is 5.32 Å². The molecule has 2 aromatic carbocycles. The van der Waals surface area contributed by atoms with Crippen molar-refractivity contribution in [2.75, 3.05) is 32.0 Å². The predicted octanol–water partition coefficient (Wildman–Crippen LogP) is 4.52. The molecule has 6 nitrogen and oxygen atoms in total. The van der Waals surface area contributed by atoms with E-state index < -0.39 is 17.6 Å². The second-order valence-corrected chi connectivity index (χ2v) is 10.2. The van der Waals surface area contributed by atoms with Crippen molar-refractivity contribution >= 4 is 34.9 Å². The van der Waals surface area contributed by atoms with Crippen LogP contribution in [0.3, 0.4) is 0 Å². The third-order valence-electron chi connectivity index (χ3n) is 7.20. The van der Waals surface area contributed by atoms with Gasteiger partial charge in [0.2, 0.25) is 5.78 Å². The molecule has 2 aliphatic rings. The summed E-state index contributed by atoms with van der Waals surface area (Å²) in [4.78, 5) is 42.1. The van der Waals surface area contributed by atoms with Gasteiger partial charge in [-0.05, 0) is 74.4 Å². The van der Waals surface area contributed by atoms with E-state index in [2.05, 4.69) is 5.32 Å². The molecule has 0 bridgehead atoms. The van der Waals surface area contributed by atoms with Crippen molar-refractivity contribution in [3.8, 4) is 0 Å². The third-order valence-corrected chi connectivity index (χ3v) is 7.52. The number of piperidine rings is 1. The largest absolute Gasteiger partial charge is 0.384 e. The zero-order valence-electron chi connectivity index (χ0n) is 20.3. The minimum Gasteiger partial charge on any atom is -0.384 e. The molecular weight excluding hydrogens is 469 g/mol. The van der Waals surface area contributed by atoms with Crippen molar-refractivity contribution in [1.29, 1.82) is 0 Å². The molecule has 0 spiro atoms. The number of fused-ring (bicyclic) bond motifs is 1. The van der Waals surface area contributed by atoms with Gasteiger partial charge < -0.3 is 15.1 Å². The number of anilines is 1. The number of nitrogens with zero attached hydrogens (tertiary/aromatic N) is 2. The van der Waals surface area contributed by atoms with E-state index >= 15 is 0 Å². The topological polar surface area (TPSA) is 69.7 Å². The lowest BCUT2D eigenvalue weighted by Gasteiger charge is -2.32. The highest BCUT2D eigenvalue weighted by atomic mass is 35.5. The summed E-state index contributed by atoms with van der Waals surface area (Å²) in [5.74, 6) is -1.66. The molecule has 0 radical (unpaired) electrons. The first kappa shape index (κ1) is 25.2. The molecular formula is C27H31ClFN3O3. The number of carbonyl (C=O) groups is 3. The summed E-state index contributed by atoms with van der Waals surface area (Å²) in [5, 5.41) is 3.48. The summed E-state index contributed by atoms with van der Waals surface area (Å²) in [6.45, 7) is 5.22. The number of likely N-dealkylation sites (tertiary alicyclic amines) is 1. The maximum absolute atomic E-state index is 13.4. The molecule has 0 aromatic heterocycles. The average Bonchev–Trinajstić information content (AvgIpc) is 3.26. The summed E-state index contributed by atoms with van der Waals surface area (Å²) in [7, 11) is 1.62. The number of hydrogen-bond acceptors (Lipinski definition) is 4. The van der Waals surface area contributed by atoms with Gasteiger partial charge in [-0.3, -0.25) is 14.4 Å². The Kier molecular flexibility index (Phi) is 7.45. The minimum atomic E-state index is -0.649. The van der Waals surface area contributed by atoms with Gasteiger partial charge in [0.1, 0.15) is 5.82 Å². The van der Waals surface area contributed by atoms with Crippen molar-refractivity contribution in [2.24, 2.45) is 5.92 Å². The summed E-state index contributed by atoms with van der Waals surface area (Å²) in [6, 6.07) is 9.84. The Labute approximate surface area is 210 Å². The minimum absolute atomic E-state index is 0.0892. The van der Waals surface area contributed by atoms with Gasteiger partial charge in [0.25, 0.3) is 11.8 Å². The number of amides is 2.